The average Bonchev–Trinajstić information content (AvgIpc) is 3.56. The average molecular weight is 530 g/mol. The molecule has 2 aliphatic heterocycles. The molecule has 0 spiro atoms. The molecule has 4 rings (SSSR count). The minimum absolute atomic E-state index is 0.0883. The van der Waals surface area contributed by atoms with Gasteiger partial charge >= 0.3 is 11.9 Å². The monoisotopic (exact) mass is 530 g/mol. The topological polar surface area (TPSA) is 160 Å². The summed E-state index contributed by atoms with van der Waals surface area (Å²) in [7, 11) is 0. The third-order valence-corrected chi connectivity index (χ3v) is 5.88. The molecule has 0 saturated carbocycles. The fourth-order valence-corrected chi connectivity index (χ4v) is 3.87. The zero-order valence-corrected chi connectivity index (χ0v) is 20.4. The van der Waals surface area contributed by atoms with Gasteiger partial charge in [-0.2, -0.15) is 0 Å². The van der Waals surface area contributed by atoms with Crippen LogP contribution in [0.5, 0.6) is 0 Å². The van der Waals surface area contributed by atoms with E-state index in [4.69, 9.17) is 18.3 Å². The predicted molar refractivity (Wildman–Crippen MR) is 123 cm³/mol. The molecule has 4 amide bonds. The van der Waals surface area contributed by atoms with E-state index in [1.54, 1.807) is 34.1 Å². The lowest BCUT2D eigenvalue weighted by molar-refractivity contribution is -0.166. The highest BCUT2D eigenvalue weighted by Gasteiger charge is 2.34. The maximum absolute atomic E-state index is 12.4. The third kappa shape index (κ3) is 7.14. The summed E-state index contributed by atoms with van der Waals surface area (Å²) < 4.78 is 20.2. The summed E-state index contributed by atoms with van der Waals surface area (Å²) in [5.74, 6) is -2.57. The van der Waals surface area contributed by atoms with Crippen LogP contribution in [0, 0.1) is 0 Å². The van der Waals surface area contributed by atoms with Crippen LogP contribution in [0.3, 0.4) is 0 Å². The Hall–Kier alpha value is -4.30. The summed E-state index contributed by atoms with van der Waals surface area (Å²) in [4.78, 5) is 78.5. The molecular weight excluding hydrogens is 504 g/mol. The second-order valence-corrected chi connectivity index (χ2v) is 8.66. The zero-order chi connectivity index (χ0) is 27.1. The van der Waals surface area contributed by atoms with E-state index in [9.17, 15) is 28.8 Å². The number of imide groups is 2. The number of hydrogen-bond donors (Lipinski definition) is 0. The maximum Gasteiger partial charge on any atom is 0.315 e. The van der Waals surface area contributed by atoms with Crippen LogP contribution in [0.25, 0.3) is 0 Å². The molecule has 0 atom stereocenters. The Labute approximate surface area is 216 Å². The highest BCUT2D eigenvalue weighted by molar-refractivity contribution is 6.00. The minimum atomic E-state index is -0.635. The molecule has 202 valence electrons. The lowest BCUT2D eigenvalue weighted by atomic mass is 10.2. The van der Waals surface area contributed by atoms with Gasteiger partial charge in [0.2, 0.25) is 23.6 Å². The van der Waals surface area contributed by atoms with Crippen molar-refractivity contribution in [3.63, 3.8) is 0 Å². The van der Waals surface area contributed by atoms with Gasteiger partial charge in [-0.3, -0.25) is 38.6 Å². The molecule has 2 aromatic rings. The Morgan fingerprint density at radius 3 is 1.34 bits per heavy atom. The molecule has 4 heterocycles. The summed E-state index contributed by atoms with van der Waals surface area (Å²) in [6.45, 7) is -0.817. The quantitative estimate of drug-likeness (QED) is 0.258. The highest BCUT2D eigenvalue weighted by Crippen LogP contribution is 2.10. The van der Waals surface area contributed by atoms with E-state index in [2.05, 4.69) is 0 Å². The maximum atomic E-state index is 12.4. The van der Waals surface area contributed by atoms with Crippen molar-refractivity contribution in [2.45, 2.75) is 12.8 Å². The normalized spacial score (nSPS) is 17.3. The van der Waals surface area contributed by atoms with Gasteiger partial charge in [-0.15, -0.1) is 0 Å². The molecule has 0 radical (unpaired) electrons. The lowest BCUT2D eigenvalue weighted by Crippen LogP contribution is -2.58. The number of esters is 2. The van der Waals surface area contributed by atoms with Crippen molar-refractivity contribution in [2.24, 2.45) is 0 Å². The van der Waals surface area contributed by atoms with E-state index >= 15 is 0 Å². The van der Waals surface area contributed by atoms with Gasteiger partial charge in [0.15, 0.2) is 13.5 Å². The number of rotatable bonds is 11. The fourth-order valence-electron chi connectivity index (χ4n) is 3.87. The molecule has 2 aliphatic rings. The van der Waals surface area contributed by atoms with Gasteiger partial charge in [-0.25, -0.2) is 9.80 Å². The van der Waals surface area contributed by atoms with Crippen molar-refractivity contribution in [3.05, 3.63) is 48.3 Å². The largest absolute Gasteiger partial charge is 0.469 e. The first-order chi connectivity index (χ1) is 18.3. The molecule has 2 fully saturated rings. The van der Waals surface area contributed by atoms with Gasteiger partial charge < -0.3 is 18.3 Å². The van der Waals surface area contributed by atoms with Crippen LogP contribution < -0.4 is 0 Å². The zero-order valence-electron chi connectivity index (χ0n) is 20.4. The number of carbonyl (C=O) groups is 6. The molecule has 2 saturated heterocycles. The highest BCUT2D eigenvalue weighted by atomic mass is 16.6. The molecule has 38 heavy (non-hydrogen) atoms. The molecule has 2 aromatic heterocycles. The van der Waals surface area contributed by atoms with Crippen LogP contribution in [0.1, 0.15) is 11.5 Å². The molecule has 14 nitrogen and oxygen atoms in total. The summed E-state index contributed by atoms with van der Waals surface area (Å²) in [6.07, 6.45) is 2.60. The van der Waals surface area contributed by atoms with Gasteiger partial charge in [0.05, 0.1) is 38.7 Å². The fraction of sp³-hybridized carbons (Fsp3) is 0.417. The molecule has 0 aromatic carbocycles. The van der Waals surface area contributed by atoms with Crippen molar-refractivity contribution < 1.29 is 47.1 Å². The van der Waals surface area contributed by atoms with Gasteiger partial charge in [0.25, 0.3) is 0 Å². The van der Waals surface area contributed by atoms with Crippen molar-refractivity contribution in [1.82, 2.24) is 19.6 Å². The number of amides is 4. The van der Waals surface area contributed by atoms with Gasteiger partial charge in [0.1, 0.15) is 24.4 Å². The second kappa shape index (κ2) is 12.3. The number of carbonyl (C=O) groups excluding carboxylic acids is 6. The SMILES string of the molecule is O=C(Cc1ccco1)OCN1C(=O)CN(CCN2CC(=O)N(COC(=O)Cc3ccco3)C(=O)C2)CC1=O. The van der Waals surface area contributed by atoms with Crippen LogP contribution in [0.4, 0.5) is 0 Å². The van der Waals surface area contributed by atoms with E-state index in [1.807, 2.05) is 0 Å². The summed E-state index contributed by atoms with van der Waals surface area (Å²) in [5.41, 5.74) is 0. The molecule has 0 bridgehead atoms. The number of nitrogens with zero attached hydrogens (tertiary/aromatic N) is 4. The number of piperazine rings is 2. The van der Waals surface area contributed by atoms with Crippen molar-refractivity contribution in [3.8, 4) is 0 Å². The Kier molecular flexibility index (Phi) is 8.66. The number of furan rings is 2. The lowest BCUT2D eigenvalue weighted by Gasteiger charge is -2.35. The van der Waals surface area contributed by atoms with Gasteiger partial charge in [-0.1, -0.05) is 0 Å². The van der Waals surface area contributed by atoms with Gasteiger partial charge in [-0.05, 0) is 24.3 Å². The second-order valence-electron chi connectivity index (χ2n) is 8.66. The van der Waals surface area contributed by atoms with Crippen LogP contribution in [0.15, 0.2) is 45.6 Å². The minimum Gasteiger partial charge on any atom is -0.469 e. The standard InChI is InChI=1S/C24H26N4O10/c29-19-11-25(12-20(30)27(19)15-37-23(33)9-17-3-1-7-35-17)5-6-26-13-21(31)28(22(32)14-26)16-38-24(34)10-18-4-2-8-36-18/h1-4,7-8H,5-6,9-16H2. The third-order valence-electron chi connectivity index (χ3n) is 5.88. The smallest absolute Gasteiger partial charge is 0.315 e. The van der Waals surface area contributed by atoms with E-state index in [0.29, 0.717) is 11.5 Å². The van der Waals surface area contributed by atoms with E-state index < -0.39 is 49.0 Å². The number of hydrogen-bond acceptors (Lipinski definition) is 12. The van der Waals surface area contributed by atoms with E-state index in [0.717, 1.165) is 9.80 Å². The van der Waals surface area contributed by atoms with Crippen LogP contribution >= 0.6 is 0 Å². The van der Waals surface area contributed by atoms with Crippen molar-refractivity contribution in [1.29, 1.82) is 0 Å². The summed E-state index contributed by atoms with van der Waals surface area (Å²) in [6, 6.07) is 6.47. The Balaban J connectivity index is 1.16. The molecule has 0 N–H and O–H groups in total. The molecule has 0 unspecified atom stereocenters. The van der Waals surface area contributed by atoms with E-state index in [-0.39, 0.29) is 52.1 Å². The Morgan fingerprint density at radius 1 is 0.658 bits per heavy atom. The van der Waals surface area contributed by atoms with Crippen LogP contribution in [0.2, 0.25) is 0 Å². The van der Waals surface area contributed by atoms with Crippen molar-refractivity contribution >= 4 is 35.6 Å². The predicted octanol–water partition coefficient (Wildman–Crippen LogP) is -0.999. The number of ether oxygens (including phenoxy) is 2. The first-order valence-electron chi connectivity index (χ1n) is 11.8. The first kappa shape index (κ1) is 26.8. The van der Waals surface area contributed by atoms with Crippen molar-refractivity contribution in [2.75, 3.05) is 52.7 Å². The molecule has 14 heteroatoms. The Bertz CT molecular complexity index is 1050. The van der Waals surface area contributed by atoms with Gasteiger partial charge in [0, 0.05) is 13.1 Å². The summed E-state index contributed by atoms with van der Waals surface area (Å²) >= 11 is 0. The van der Waals surface area contributed by atoms with E-state index in [1.165, 1.54) is 12.5 Å². The van der Waals surface area contributed by atoms with Crippen LogP contribution in [-0.4, -0.2) is 108 Å². The Morgan fingerprint density at radius 2 is 1.03 bits per heavy atom. The molecule has 0 aliphatic carbocycles. The van der Waals surface area contributed by atoms with Crippen LogP contribution in [-0.2, 0) is 51.1 Å². The molecular formula is C24H26N4O10. The summed E-state index contributed by atoms with van der Waals surface area (Å²) in [5, 5.41) is 0. The first-order valence-corrected chi connectivity index (χ1v) is 11.8.